The number of thiophene rings is 1. The van der Waals surface area contributed by atoms with E-state index in [0.29, 0.717) is 12.2 Å². The van der Waals surface area contributed by atoms with Crippen LogP contribution < -0.4 is 5.32 Å². The fourth-order valence-corrected chi connectivity index (χ4v) is 4.58. The van der Waals surface area contributed by atoms with Crippen LogP contribution in [0.15, 0.2) is 41.8 Å². The van der Waals surface area contributed by atoms with Crippen molar-refractivity contribution < 1.29 is 9.59 Å². The molecule has 6 nitrogen and oxygen atoms in total. The zero-order chi connectivity index (χ0) is 20.4. The summed E-state index contributed by atoms with van der Waals surface area (Å²) in [6, 6.07) is 11.7. The number of aryl methyl sites for hydroxylation is 2. The monoisotopic (exact) mass is 408 g/mol. The van der Waals surface area contributed by atoms with E-state index in [2.05, 4.69) is 21.9 Å². The Labute approximate surface area is 174 Å². The van der Waals surface area contributed by atoms with Crippen LogP contribution in [0.25, 0.3) is 5.69 Å². The van der Waals surface area contributed by atoms with Crippen LogP contribution in [0.2, 0.25) is 0 Å². The highest BCUT2D eigenvalue weighted by Gasteiger charge is 2.22. The van der Waals surface area contributed by atoms with Gasteiger partial charge in [-0.15, -0.1) is 11.3 Å². The van der Waals surface area contributed by atoms with Crippen LogP contribution in [0, 0.1) is 13.8 Å². The lowest BCUT2D eigenvalue weighted by Gasteiger charge is -2.27. The summed E-state index contributed by atoms with van der Waals surface area (Å²) >= 11 is 1.75. The third kappa shape index (κ3) is 4.24. The number of anilines is 1. The van der Waals surface area contributed by atoms with Gasteiger partial charge in [-0.1, -0.05) is 12.1 Å². The van der Waals surface area contributed by atoms with Crippen molar-refractivity contribution >= 4 is 28.8 Å². The molecule has 0 bridgehead atoms. The SMILES string of the molecule is Cc1cc(C)n(-c2ccccc2NC(=O)CCC(=O)N2CCc3sccc3C2)n1. The van der Waals surface area contributed by atoms with E-state index in [1.807, 2.05) is 53.8 Å². The smallest absolute Gasteiger partial charge is 0.224 e. The maximum Gasteiger partial charge on any atom is 0.224 e. The number of carbonyl (C=O) groups excluding carboxylic acids is 2. The highest BCUT2D eigenvalue weighted by molar-refractivity contribution is 7.10. The Kier molecular flexibility index (Phi) is 5.49. The molecule has 0 aliphatic carbocycles. The molecule has 1 N–H and O–H groups in total. The summed E-state index contributed by atoms with van der Waals surface area (Å²) in [4.78, 5) is 28.3. The van der Waals surface area contributed by atoms with Crippen molar-refractivity contribution in [3.63, 3.8) is 0 Å². The Hall–Kier alpha value is -2.93. The number of nitrogens with one attached hydrogen (secondary N) is 1. The van der Waals surface area contributed by atoms with Gasteiger partial charge >= 0.3 is 0 Å². The van der Waals surface area contributed by atoms with Crippen molar-refractivity contribution in [2.24, 2.45) is 0 Å². The van der Waals surface area contributed by atoms with E-state index in [9.17, 15) is 9.59 Å². The number of para-hydroxylation sites is 2. The quantitative estimate of drug-likeness (QED) is 0.697. The Bertz CT molecular complexity index is 1050. The summed E-state index contributed by atoms with van der Waals surface area (Å²) in [6.45, 7) is 5.31. The van der Waals surface area contributed by atoms with Gasteiger partial charge in [0.1, 0.15) is 0 Å². The fraction of sp³-hybridized carbons (Fsp3) is 0.318. The first-order valence-corrected chi connectivity index (χ1v) is 10.6. The van der Waals surface area contributed by atoms with Gasteiger partial charge in [-0.3, -0.25) is 9.59 Å². The number of hydrogen-bond donors (Lipinski definition) is 1. The molecule has 7 heteroatoms. The molecule has 0 radical (unpaired) electrons. The average Bonchev–Trinajstić information content (AvgIpc) is 3.31. The molecule has 0 saturated carbocycles. The summed E-state index contributed by atoms with van der Waals surface area (Å²) in [5, 5.41) is 9.53. The lowest BCUT2D eigenvalue weighted by Crippen LogP contribution is -2.35. The Morgan fingerprint density at radius 1 is 1.17 bits per heavy atom. The lowest BCUT2D eigenvalue weighted by atomic mass is 10.1. The lowest BCUT2D eigenvalue weighted by molar-refractivity contribution is -0.133. The second-order valence-corrected chi connectivity index (χ2v) is 8.34. The number of amides is 2. The molecule has 3 heterocycles. The Morgan fingerprint density at radius 2 is 2.00 bits per heavy atom. The number of carbonyl (C=O) groups is 2. The van der Waals surface area contributed by atoms with Gasteiger partial charge in [0.15, 0.2) is 0 Å². The predicted octanol–water partition coefficient (Wildman–Crippen LogP) is 3.85. The molecule has 2 aromatic heterocycles. The molecule has 0 saturated heterocycles. The molecule has 1 aliphatic rings. The van der Waals surface area contributed by atoms with E-state index in [1.165, 1.54) is 10.4 Å². The molecule has 4 rings (SSSR count). The van der Waals surface area contributed by atoms with Crippen LogP contribution in [0.5, 0.6) is 0 Å². The first-order valence-electron chi connectivity index (χ1n) is 9.77. The maximum atomic E-state index is 12.6. The van der Waals surface area contributed by atoms with Crippen molar-refractivity contribution in [3.8, 4) is 5.69 Å². The maximum absolute atomic E-state index is 12.6. The minimum Gasteiger partial charge on any atom is -0.338 e. The van der Waals surface area contributed by atoms with E-state index in [-0.39, 0.29) is 24.7 Å². The van der Waals surface area contributed by atoms with Gasteiger partial charge in [0.25, 0.3) is 0 Å². The van der Waals surface area contributed by atoms with E-state index < -0.39 is 0 Å². The number of fused-ring (bicyclic) bond motifs is 1. The summed E-state index contributed by atoms with van der Waals surface area (Å²) < 4.78 is 1.82. The van der Waals surface area contributed by atoms with Crippen LogP contribution in [0.4, 0.5) is 5.69 Å². The topological polar surface area (TPSA) is 67.2 Å². The minimum absolute atomic E-state index is 0.0313. The predicted molar refractivity (Wildman–Crippen MR) is 114 cm³/mol. The molecular formula is C22H24N4O2S. The number of hydrogen-bond acceptors (Lipinski definition) is 4. The molecule has 29 heavy (non-hydrogen) atoms. The van der Waals surface area contributed by atoms with Crippen molar-refractivity contribution in [3.05, 3.63) is 63.6 Å². The highest BCUT2D eigenvalue weighted by Crippen LogP contribution is 2.25. The molecule has 1 aliphatic heterocycles. The molecule has 0 atom stereocenters. The minimum atomic E-state index is -0.166. The highest BCUT2D eigenvalue weighted by atomic mass is 32.1. The summed E-state index contributed by atoms with van der Waals surface area (Å²) in [6.07, 6.45) is 1.28. The van der Waals surface area contributed by atoms with Gasteiger partial charge in [-0.2, -0.15) is 5.10 Å². The van der Waals surface area contributed by atoms with Gasteiger partial charge in [-0.05, 0) is 55.5 Å². The van der Waals surface area contributed by atoms with E-state index >= 15 is 0 Å². The van der Waals surface area contributed by atoms with E-state index in [0.717, 1.165) is 30.0 Å². The Balaban J connectivity index is 1.37. The van der Waals surface area contributed by atoms with Gasteiger partial charge in [0.2, 0.25) is 11.8 Å². The normalized spacial score (nSPS) is 13.2. The van der Waals surface area contributed by atoms with Crippen LogP contribution >= 0.6 is 11.3 Å². The first-order chi connectivity index (χ1) is 14.0. The molecule has 0 unspecified atom stereocenters. The number of aromatic nitrogens is 2. The van der Waals surface area contributed by atoms with Crippen LogP contribution in [0.1, 0.15) is 34.7 Å². The summed E-state index contributed by atoms with van der Waals surface area (Å²) in [7, 11) is 0. The second-order valence-electron chi connectivity index (χ2n) is 7.34. The summed E-state index contributed by atoms with van der Waals surface area (Å²) in [5.74, 6) is -0.135. The standard InChI is InChI=1S/C22H24N4O2S/c1-15-13-16(2)26(24-15)19-6-4-3-5-18(19)23-21(27)7-8-22(28)25-11-9-20-17(14-25)10-12-29-20/h3-6,10,12-13H,7-9,11,14H2,1-2H3,(H,23,27). The first kappa shape index (κ1) is 19.4. The van der Waals surface area contributed by atoms with E-state index in [4.69, 9.17) is 0 Å². The molecule has 0 spiro atoms. The average molecular weight is 409 g/mol. The van der Waals surface area contributed by atoms with Crippen molar-refractivity contribution in [1.29, 1.82) is 0 Å². The van der Waals surface area contributed by atoms with Crippen LogP contribution in [-0.2, 0) is 22.6 Å². The molecule has 0 fully saturated rings. The molecule has 1 aromatic carbocycles. The third-order valence-corrected chi connectivity index (χ3v) is 6.17. The van der Waals surface area contributed by atoms with Gasteiger partial charge < -0.3 is 10.2 Å². The number of nitrogens with zero attached hydrogens (tertiary/aromatic N) is 3. The fourth-order valence-electron chi connectivity index (χ4n) is 3.69. The number of rotatable bonds is 5. The largest absolute Gasteiger partial charge is 0.338 e. The second kappa shape index (κ2) is 8.21. The van der Waals surface area contributed by atoms with E-state index in [1.54, 1.807) is 11.3 Å². The van der Waals surface area contributed by atoms with Crippen molar-refractivity contribution in [2.45, 2.75) is 39.7 Å². The molecule has 3 aromatic rings. The molecule has 150 valence electrons. The van der Waals surface area contributed by atoms with Gasteiger partial charge in [0.05, 0.1) is 17.1 Å². The van der Waals surface area contributed by atoms with Crippen LogP contribution in [0.3, 0.4) is 0 Å². The van der Waals surface area contributed by atoms with Crippen molar-refractivity contribution in [2.75, 3.05) is 11.9 Å². The zero-order valence-electron chi connectivity index (χ0n) is 16.6. The van der Waals surface area contributed by atoms with Crippen LogP contribution in [-0.4, -0.2) is 33.0 Å². The van der Waals surface area contributed by atoms with Gasteiger partial charge in [-0.25, -0.2) is 4.68 Å². The zero-order valence-corrected chi connectivity index (χ0v) is 17.5. The van der Waals surface area contributed by atoms with Crippen molar-refractivity contribution in [1.82, 2.24) is 14.7 Å². The molecule has 2 amide bonds. The number of benzene rings is 1. The molecular weight excluding hydrogens is 384 g/mol. The van der Waals surface area contributed by atoms with Gasteiger partial charge in [0, 0.05) is 36.5 Å². The Morgan fingerprint density at radius 3 is 2.79 bits per heavy atom. The summed E-state index contributed by atoms with van der Waals surface area (Å²) in [5.41, 5.74) is 4.66. The third-order valence-electron chi connectivity index (χ3n) is 5.14.